The van der Waals surface area contributed by atoms with Crippen LogP contribution in [0.25, 0.3) is 0 Å². The molecule has 4 atom stereocenters. The van der Waals surface area contributed by atoms with Crippen molar-refractivity contribution in [1.82, 2.24) is 9.62 Å². The summed E-state index contributed by atoms with van der Waals surface area (Å²) in [6.07, 6.45) is 2.66. The summed E-state index contributed by atoms with van der Waals surface area (Å²) in [6.45, 7) is 4.88. The lowest BCUT2D eigenvalue weighted by atomic mass is 10.0. The Morgan fingerprint density at radius 1 is 1.26 bits per heavy atom. The topological polar surface area (TPSA) is 102 Å². The van der Waals surface area contributed by atoms with E-state index in [-0.39, 0.29) is 35.0 Å². The number of morpholine rings is 1. The van der Waals surface area contributed by atoms with Crippen molar-refractivity contribution in [3.05, 3.63) is 29.8 Å². The number of nitrogens with two attached hydrogens (primary N) is 1. The molecular formula is C19H29N3O4S. The van der Waals surface area contributed by atoms with Crippen molar-refractivity contribution in [1.29, 1.82) is 0 Å². The fourth-order valence-corrected chi connectivity index (χ4v) is 5.67. The van der Waals surface area contributed by atoms with Crippen molar-refractivity contribution < 1.29 is 17.9 Å². The van der Waals surface area contributed by atoms with Gasteiger partial charge in [-0.2, -0.15) is 4.31 Å². The van der Waals surface area contributed by atoms with Gasteiger partial charge in [-0.15, -0.1) is 0 Å². The fourth-order valence-electron chi connectivity index (χ4n) is 4.03. The first kappa shape index (κ1) is 20.3. The lowest BCUT2D eigenvalue weighted by Gasteiger charge is -2.34. The molecule has 7 nitrogen and oxygen atoms in total. The number of sulfonamides is 1. The number of carbonyl (C=O) groups excluding carboxylic acids is 1. The molecule has 8 heteroatoms. The largest absolute Gasteiger partial charge is 0.373 e. The number of benzene rings is 1. The van der Waals surface area contributed by atoms with Crippen molar-refractivity contribution in [2.24, 2.45) is 11.7 Å². The maximum absolute atomic E-state index is 13.0. The van der Waals surface area contributed by atoms with E-state index in [2.05, 4.69) is 5.32 Å². The Hall–Kier alpha value is -1.48. The van der Waals surface area contributed by atoms with Gasteiger partial charge < -0.3 is 15.8 Å². The number of nitrogens with zero attached hydrogens (tertiary/aromatic N) is 1. The van der Waals surface area contributed by atoms with Gasteiger partial charge in [-0.25, -0.2) is 8.42 Å². The van der Waals surface area contributed by atoms with Crippen LogP contribution in [0.2, 0.25) is 0 Å². The van der Waals surface area contributed by atoms with Gasteiger partial charge in [0.05, 0.1) is 17.1 Å². The van der Waals surface area contributed by atoms with E-state index in [4.69, 9.17) is 10.5 Å². The zero-order valence-corrected chi connectivity index (χ0v) is 16.7. The van der Waals surface area contributed by atoms with Crippen molar-refractivity contribution in [3.8, 4) is 0 Å². The summed E-state index contributed by atoms with van der Waals surface area (Å²) >= 11 is 0. The molecule has 0 spiro atoms. The van der Waals surface area contributed by atoms with Crippen LogP contribution in [0, 0.1) is 5.92 Å². The highest BCUT2D eigenvalue weighted by molar-refractivity contribution is 7.89. The minimum atomic E-state index is -3.67. The highest BCUT2D eigenvalue weighted by Gasteiger charge is 2.33. The van der Waals surface area contributed by atoms with E-state index in [1.165, 1.54) is 16.4 Å². The summed E-state index contributed by atoms with van der Waals surface area (Å²) in [5, 5.41) is 3.02. The van der Waals surface area contributed by atoms with Gasteiger partial charge in [0.25, 0.3) is 5.91 Å². The van der Waals surface area contributed by atoms with Crippen molar-refractivity contribution in [2.45, 2.75) is 56.3 Å². The maximum Gasteiger partial charge on any atom is 0.251 e. The average Bonchev–Trinajstić information content (AvgIpc) is 3.08. The number of amides is 1. The molecule has 1 saturated carbocycles. The van der Waals surface area contributed by atoms with Crippen molar-refractivity contribution in [3.63, 3.8) is 0 Å². The Balaban J connectivity index is 1.77. The molecule has 1 aliphatic heterocycles. The molecule has 1 heterocycles. The third-order valence-electron chi connectivity index (χ3n) is 5.40. The van der Waals surface area contributed by atoms with E-state index in [9.17, 15) is 13.2 Å². The molecule has 0 radical (unpaired) electrons. The molecule has 1 saturated heterocycles. The molecule has 2 aliphatic rings. The van der Waals surface area contributed by atoms with E-state index < -0.39 is 10.0 Å². The number of rotatable bonds is 5. The molecule has 4 unspecified atom stereocenters. The highest BCUT2D eigenvalue weighted by atomic mass is 32.2. The first-order valence-electron chi connectivity index (χ1n) is 9.58. The predicted octanol–water partition coefficient (Wildman–Crippen LogP) is 1.34. The normalized spacial score (nSPS) is 29.6. The first-order chi connectivity index (χ1) is 12.8. The Morgan fingerprint density at radius 2 is 1.96 bits per heavy atom. The van der Waals surface area contributed by atoms with Crippen LogP contribution in [0.3, 0.4) is 0 Å². The van der Waals surface area contributed by atoms with Crippen LogP contribution < -0.4 is 11.1 Å². The third kappa shape index (κ3) is 4.51. The maximum atomic E-state index is 13.0. The monoisotopic (exact) mass is 395 g/mol. The Labute approximate surface area is 161 Å². The van der Waals surface area contributed by atoms with Crippen LogP contribution in [-0.4, -0.2) is 56.5 Å². The van der Waals surface area contributed by atoms with E-state index in [0.717, 1.165) is 19.3 Å². The summed E-state index contributed by atoms with van der Waals surface area (Å²) in [7, 11) is -3.67. The average molecular weight is 396 g/mol. The van der Waals surface area contributed by atoms with Crippen molar-refractivity contribution in [2.75, 3.05) is 19.6 Å². The summed E-state index contributed by atoms with van der Waals surface area (Å²) in [6, 6.07) is 6.32. The fraction of sp³-hybridized carbons (Fsp3) is 0.632. The molecule has 0 bridgehead atoms. The molecule has 1 amide bonds. The zero-order valence-electron chi connectivity index (χ0n) is 15.9. The van der Waals surface area contributed by atoms with Crippen LogP contribution in [0.5, 0.6) is 0 Å². The highest BCUT2D eigenvalue weighted by Crippen LogP contribution is 2.25. The lowest BCUT2D eigenvalue weighted by molar-refractivity contribution is -0.0440. The minimum absolute atomic E-state index is 0.0590. The second-order valence-electron chi connectivity index (χ2n) is 7.61. The van der Waals surface area contributed by atoms with Crippen molar-refractivity contribution >= 4 is 15.9 Å². The van der Waals surface area contributed by atoms with Gasteiger partial charge in [0.2, 0.25) is 10.0 Å². The molecule has 1 aromatic carbocycles. The number of ether oxygens (including phenoxy) is 1. The summed E-state index contributed by atoms with van der Waals surface area (Å²) in [4.78, 5) is 12.8. The molecule has 2 fully saturated rings. The van der Waals surface area contributed by atoms with Gasteiger partial charge in [-0.05, 0) is 57.4 Å². The van der Waals surface area contributed by atoms with E-state index >= 15 is 0 Å². The number of hydrogen-bond donors (Lipinski definition) is 2. The van der Waals surface area contributed by atoms with E-state index in [1.54, 1.807) is 12.1 Å². The Kier molecular flexibility index (Phi) is 6.20. The van der Waals surface area contributed by atoms with Gasteiger partial charge in [0.1, 0.15) is 0 Å². The van der Waals surface area contributed by atoms with E-state index in [0.29, 0.717) is 25.2 Å². The van der Waals surface area contributed by atoms with Crippen LogP contribution in [0.4, 0.5) is 0 Å². The second-order valence-corrected chi connectivity index (χ2v) is 9.55. The minimum Gasteiger partial charge on any atom is -0.373 e. The number of hydrogen-bond acceptors (Lipinski definition) is 5. The molecule has 27 heavy (non-hydrogen) atoms. The smallest absolute Gasteiger partial charge is 0.251 e. The predicted molar refractivity (Wildman–Crippen MR) is 103 cm³/mol. The van der Waals surface area contributed by atoms with Gasteiger partial charge >= 0.3 is 0 Å². The van der Waals surface area contributed by atoms with Gasteiger partial charge in [-0.1, -0.05) is 12.5 Å². The summed E-state index contributed by atoms with van der Waals surface area (Å²) in [5.41, 5.74) is 6.13. The molecule has 0 aromatic heterocycles. The Morgan fingerprint density at radius 3 is 2.63 bits per heavy atom. The van der Waals surface area contributed by atoms with Gasteiger partial charge in [0.15, 0.2) is 0 Å². The molecule has 1 aromatic rings. The molecule has 3 N–H and O–H groups in total. The molecule has 1 aliphatic carbocycles. The van der Waals surface area contributed by atoms with Gasteiger partial charge in [0, 0.05) is 24.7 Å². The molecule has 150 valence electrons. The quantitative estimate of drug-likeness (QED) is 0.783. The second kappa shape index (κ2) is 8.26. The lowest BCUT2D eigenvalue weighted by Crippen LogP contribution is -2.48. The Bertz CT molecular complexity index is 773. The van der Waals surface area contributed by atoms with E-state index in [1.807, 2.05) is 13.8 Å². The third-order valence-corrected chi connectivity index (χ3v) is 7.23. The van der Waals surface area contributed by atoms with Crippen LogP contribution in [-0.2, 0) is 14.8 Å². The summed E-state index contributed by atoms with van der Waals surface area (Å²) < 4.78 is 33.1. The number of carbonyl (C=O) groups is 1. The SMILES string of the molecule is CC1CN(S(=O)(=O)c2cccc(C(=O)NC3CCCC3CN)c2)CC(C)O1. The molecule has 3 rings (SSSR count). The first-order valence-corrected chi connectivity index (χ1v) is 11.0. The van der Waals surface area contributed by atoms with Gasteiger partial charge in [-0.3, -0.25) is 4.79 Å². The van der Waals surface area contributed by atoms with Crippen LogP contribution in [0.15, 0.2) is 29.2 Å². The number of nitrogens with one attached hydrogen (secondary N) is 1. The summed E-state index contributed by atoms with van der Waals surface area (Å²) in [5.74, 6) is 0.0401. The standard InChI is InChI=1S/C19H29N3O4S/c1-13-11-22(12-14(2)26-13)27(24,25)17-7-3-5-15(9-17)19(23)21-18-8-4-6-16(18)10-20/h3,5,7,9,13-14,16,18H,4,6,8,10-12,20H2,1-2H3,(H,21,23). The zero-order chi connectivity index (χ0) is 19.6. The molecular weight excluding hydrogens is 366 g/mol. The van der Waals surface area contributed by atoms with Crippen LogP contribution in [0.1, 0.15) is 43.5 Å². The van der Waals surface area contributed by atoms with Crippen LogP contribution >= 0.6 is 0 Å².